The van der Waals surface area contributed by atoms with Crippen molar-refractivity contribution in [2.75, 3.05) is 7.11 Å². The second-order valence-electron chi connectivity index (χ2n) is 7.13. The molecule has 0 aliphatic carbocycles. The van der Waals surface area contributed by atoms with Gasteiger partial charge >= 0.3 is 7.12 Å². The Morgan fingerprint density at radius 2 is 1.41 bits per heavy atom. The van der Waals surface area contributed by atoms with Crippen molar-refractivity contribution in [2.45, 2.75) is 0 Å². The SMILES string of the molecule is COB(O)c1cccc(-c2ccc3c(c2)c2ccccc2n3-c2ccccc2)c1. The lowest BCUT2D eigenvalue weighted by atomic mass is 9.78. The topological polar surface area (TPSA) is 34.4 Å². The van der Waals surface area contributed by atoms with Crippen LogP contribution in [0.5, 0.6) is 0 Å². The molecular weight excluding hydrogens is 357 g/mol. The third-order valence-electron chi connectivity index (χ3n) is 5.42. The van der Waals surface area contributed by atoms with Crippen molar-refractivity contribution in [3.8, 4) is 16.8 Å². The van der Waals surface area contributed by atoms with Gasteiger partial charge in [-0.15, -0.1) is 0 Å². The largest absolute Gasteiger partial charge is 0.490 e. The number of benzene rings is 4. The van der Waals surface area contributed by atoms with Gasteiger partial charge in [0.15, 0.2) is 0 Å². The van der Waals surface area contributed by atoms with Crippen LogP contribution in [0.25, 0.3) is 38.6 Å². The van der Waals surface area contributed by atoms with Gasteiger partial charge in [0.05, 0.1) is 11.0 Å². The second kappa shape index (κ2) is 7.24. The van der Waals surface area contributed by atoms with Gasteiger partial charge in [-0.1, -0.05) is 66.7 Å². The zero-order chi connectivity index (χ0) is 19.8. The highest BCUT2D eigenvalue weighted by Gasteiger charge is 2.16. The smallest absolute Gasteiger partial charge is 0.423 e. The molecular formula is C25H20BNO2. The molecule has 0 spiro atoms. The fourth-order valence-electron chi connectivity index (χ4n) is 4.02. The first-order valence-corrected chi connectivity index (χ1v) is 9.66. The molecule has 140 valence electrons. The van der Waals surface area contributed by atoms with Gasteiger partial charge in [-0.25, -0.2) is 0 Å². The van der Waals surface area contributed by atoms with Gasteiger partial charge in [-0.2, -0.15) is 0 Å². The van der Waals surface area contributed by atoms with Crippen LogP contribution in [0.3, 0.4) is 0 Å². The van der Waals surface area contributed by atoms with Crippen molar-refractivity contribution in [1.29, 1.82) is 0 Å². The van der Waals surface area contributed by atoms with Crippen LogP contribution in [0.2, 0.25) is 0 Å². The molecule has 0 atom stereocenters. The highest BCUT2D eigenvalue weighted by molar-refractivity contribution is 6.60. The lowest BCUT2D eigenvalue weighted by Crippen LogP contribution is -2.32. The first-order valence-electron chi connectivity index (χ1n) is 9.66. The summed E-state index contributed by atoms with van der Waals surface area (Å²) in [5.41, 5.74) is 6.42. The molecule has 0 bridgehead atoms. The maximum atomic E-state index is 10.0. The molecule has 1 N–H and O–H groups in total. The van der Waals surface area contributed by atoms with E-state index in [0.29, 0.717) is 0 Å². The lowest BCUT2D eigenvalue weighted by Gasteiger charge is -2.09. The van der Waals surface area contributed by atoms with Gasteiger partial charge in [0, 0.05) is 23.6 Å². The van der Waals surface area contributed by atoms with Crippen LogP contribution >= 0.6 is 0 Å². The van der Waals surface area contributed by atoms with E-state index in [0.717, 1.165) is 22.3 Å². The summed E-state index contributed by atoms with van der Waals surface area (Å²) in [7, 11) is 0.584. The van der Waals surface area contributed by atoms with Crippen LogP contribution in [0.4, 0.5) is 0 Å². The molecule has 0 amide bonds. The molecule has 5 aromatic rings. The van der Waals surface area contributed by atoms with E-state index in [2.05, 4.69) is 77.4 Å². The van der Waals surface area contributed by atoms with E-state index in [1.807, 2.05) is 24.3 Å². The summed E-state index contributed by atoms with van der Waals surface area (Å²) in [6.07, 6.45) is 0. The Bertz CT molecular complexity index is 1310. The van der Waals surface area contributed by atoms with Gasteiger partial charge in [-0.05, 0) is 46.9 Å². The first kappa shape index (κ1) is 17.7. The predicted octanol–water partition coefficient (Wildman–Crippen LogP) is 4.78. The van der Waals surface area contributed by atoms with Crippen molar-refractivity contribution in [1.82, 2.24) is 4.57 Å². The van der Waals surface area contributed by atoms with E-state index in [1.165, 1.54) is 28.9 Å². The standard InChI is InChI=1S/C25H20BNO2/c1-29-26(28)20-9-7-8-18(16-20)19-14-15-25-23(17-19)22-12-5-6-13-24(22)27(25)21-10-3-2-4-11-21/h2-17,28H,1H3. The summed E-state index contributed by atoms with van der Waals surface area (Å²) in [6, 6.07) is 33.3. The third kappa shape index (κ3) is 3.03. The van der Waals surface area contributed by atoms with Crippen molar-refractivity contribution in [3.05, 3.63) is 97.1 Å². The molecule has 5 rings (SSSR count). The number of nitrogens with zero attached hydrogens (tertiary/aromatic N) is 1. The Kier molecular flexibility index (Phi) is 4.43. The number of hydrogen-bond donors (Lipinski definition) is 1. The summed E-state index contributed by atoms with van der Waals surface area (Å²) in [5.74, 6) is 0. The van der Waals surface area contributed by atoms with Crippen LogP contribution in [-0.4, -0.2) is 23.8 Å². The normalized spacial score (nSPS) is 11.2. The molecule has 0 unspecified atom stereocenters. The number of aromatic nitrogens is 1. The minimum absolute atomic E-state index is 0.747. The van der Waals surface area contributed by atoms with Crippen molar-refractivity contribution >= 4 is 34.4 Å². The Morgan fingerprint density at radius 3 is 2.24 bits per heavy atom. The molecule has 0 aliphatic rings. The maximum absolute atomic E-state index is 10.0. The van der Waals surface area contributed by atoms with E-state index in [1.54, 1.807) is 0 Å². The molecule has 0 saturated carbocycles. The molecule has 4 heteroatoms. The molecule has 0 radical (unpaired) electrons. The first-order chi connectivity index (χ1) is 14.3. The molecule has 0 fully saturated rings. The van der Waals surface area contributed by atoms with Crippen molar-refractivity contribution < 1.29 is 9.68 Å². The van der Waals surface area contributed by atoms with Crippen LogP contribution < -0.4 is 5.46 Å². The maximum Gasteiger partial charge on any atom is 0.490 e. The fourth-order valence-corrected chi connectivity index (χ4v) is 4.02. The van der Waals surface area contributed by atoms with E-state index < -0.39 is 7.12 Å². The second-order valence-corrected chi connectivity index (χ2v) is 7.13. The third-order valence-corrected chi connectivity index (χ3v) is 5.42. The molecule has 1 aromatic heterocycles. The van der Waals surface area contributed by atoms with Gasteiger partial charge < -0.3 is 14.2 Å². The fraction of sp³-hybridized carbons (Fsp3) is 0.0400. The lowest BCUT2D eigenvalue weighted by molar-refractivity contribution is 0.341. The Balaban J connectivity index is 1.74. The van der Waals surface area contributed by atoms with Gasteiger partial charge in [-0.3, -0.25) is 0 Å². The number of rotatable bonds is 4. The molecule has 0 aliphatic heterocycles. The summed E-state index contributed by atoms with van der Waals surface area (Å²) in [6.45, 7) is 0. The average molecular weight is 377 g/mol. The minimum Gasteiger partial charge on any atom is -0.423 e. The quantitative estimate of drug-likeness (QED) is 0.457. The zero-order valence-corrected chi connectivity index (χ0v) is 16.1. The van der Waals surface area contributed by atoms with E-state index in [9.17, 15) is 5.02 Å². The van der Waals surface area contributed by atoms with Crippen LogP contribution in [0, 0.1) is 0 Å². The van der Waals surface area contributed by atoms with Crippen LogP contribution in [0.15, 0.2) is 97.1 Å². The molecule has 1 heterocycles. The van der Waals surface area contributed by atoms with Gasteiger partial charge in [0.25, 0.3) is 0 Å². The van der Waals surface area contributed by atoms with Crippen molar-refractivity contribution in [2.24, 2.45) is 0 Å². The summed E-state index contributed by atoms with van der Waals surface area (Å²) < 4.78 is 7.36. The van der Waals surface area contributed by atoms with Crippen LogP contribution in [0.1, 0.15) is 0 Å². The Labute approximate surface area is 169 Å². The summed E-state index contributed by atoms with van der Waals surface area (Å²) in [4.78, 5) is 0. The highest BCUT2D eigenvalue weighted by atomic mass is 16.5. The van der Waals surface area contributed by atoms with E-state index >= 15 is 0 Å². The summed E-state index contributed by atoms with van der Waals surface area (Å²) >= 11 is 0. The van der Waals surface area contributed by atoms with Crippen molar-refractivity contribution in [3.63, 3.8) is 0 Å². The Morgan fingerprint density at radius 1 is 0.690 bits per heavy atom. The molecule has 3 nitrogen and oxygen atoms in total. The average Bonchev–Trinajstić information content (AvgIpc) is 3.13. The molecule has 4 aromatic carbocycles. The van der Waals surface area contributed by atoms with Gasteiger partial charge in [0.2, 0.25) is 0 Å². The van der Waals surface area contributed by atoms with E-state index in [-0.39, 0.29) is 0 Å². The minimum atomic E-state index is -0.918. The Hall–Kier alpha value is -3.34. The van der Waals surface area contributed by atoms with Gasteiger partial charge in [0.1, 0.15) is 0 Å². The van der Waals surface area contributed by atoms with E-state index in [4.69, 9.17) is 4.65 Å². The number of fused-ring (bicyclic) bond motifs is 3. The molecule has 29 heavy (non-hydrogen) atoms. The number of para-hydroxylation sites is 2. The number of hydrogen-bond acceptors (Lipinski definition) is 2. The highest BCUT2D eigenvalue weighted by Crippen LogP contribution is 2.34. The zero-order valence-electron chi connectivity index (χ0n) is 16.1. The summed E-state index contributed by atoms with van der Waals surface area (Å²) in [5, 5.41) is 12.4. The molecule has 0 saturated heterocycles. The monoisotopic (exact) mass is 377 g/mol. The predicted molar refractivity (Wildman–Crippen MR) is 121 cm³/mol. The van der Waals surface area contributed by atoms with Crippen LogP contribution in [-0.2, 0) is 4.65 Å².